The van der Waals surface area contributed by atoms with Crippen LogP contribution in [0.5, 0.6) is 0 Å². The molecule has 0 aliphatic heterocycles. The Bertz CT molecular complexity index is 640. The second-order valence-electron chi connectivity index (χ2n) is 4.81. The number of benzene rings is 2. The van der Waals surface area contributed by atoms with Crippen molar-refractivity contribution in [1.82, 2.24) is 5.32 Å². The highest BCUT2D eigenvalue weighted by Gasteiger charge is 2.16. The molecule has 0 bridgehead atoms. The van der Waals surface area contributed by atoms with E-state index in [1.54, 1.807) is 19.1 Å². The third-order valence-electron chi connectivity index (χ3n) is 3.03. The summed E-state index contributed by atoms with van der Waals surface area (Å²) in [5.41, 5.74) is 0.505. The summed E-state index contributed by atoms with van der Waals surface area (Å²) in [6, 6.07) is 9.03. The number of rotatable bonds is 4. The van der Waals surface area contributed by atoms with Crippen LogP contribution in [-0.4, -0.2) is 11.9 Å². The molecule has 0 aromatic heterocycles. The third-order valence-corrected chi connectivity index (χ3v) is 3.03. The largest absolute Gasteiger partial charge is 0.349 e. The molecule has 0 saturated heterocycles. The first kappa shape index (κ1) is 15.1. The number of nitrogens with one attached hydrogen (secondary N) is 1. The molecule has 0 spiro atoms. The van der Waals surface area contributed by atoms with E-state index in [1.807, 2.05) is 0 Å². The molecule has 2 rings (SSSR count). The Morgan fingerprint density at radius 3 is 2.43 bits per heavy atom. The summed E-state index contributed by atoms with van der Waals surface area (Å²) in [6.07, 6.45) is 0.461. The zero-order valence-corrected chi connectivity index (χ0v) is 11.4. The fraction of sp³-hybridized carbons (Fsp3) is 0.188. The SMILES string of the molecule is CC(Cc1ccc(F)cc1)NC(=O)c1cccc(F)c1F. The van der Waals surface area contributed by atoms with Crippen LogP contribution in [0.2, 0.25) is 0 Å². The predicted molar refractivity (Wildman–Crippen MR) is 73.4 cm³/mol. The molecule has 1 atom stereocenters. The van der Waals surface area contributed by atoms with Gasteiger partial charge in [0.1, 0.15) is 5.82 Å². The van der Waals surface area contributed by atoms with Crippen molar-refractivity contribution in [3.05, 3.63) is 71.0 Å². The van der Waals surface area contributed by atoms with E-state index in [0.29, 0.717) is 6.42 Å². The van der Waals surface area contributed by atoms with Crippen LogP contribution in [0.3, 0.4) is 0 Å². The average Bonchev–Trinajstić information content (AvgIpc) is 2.44. The van der Waals surface area contributed by atoms with Gasteiger partial charge in [-0.2, -0.15) is 0 Å². The second kappa shape index (κ2) is 6.43. The Morgan fingerprint density at radius 1 is 1.10 bits per heavy atom. The molecule has 2 nitrogen and oxygen atoms in total. The monoisotopic (exact) mass is 293 g/mol. The maximum atomic E-state index is 13.5. The van der Waals surface area contributed by atoms with Crippen molar-refractivity contribution in [1.29, 1.82) is 0 Å². The van der Waals surface area contributed by atoms with E-state index in [0.717, 1.165) is 11.6 Å². The Balaban J connectivity index is 2.02. The Morgan fingerprint density at radius 2 is 1.76 bits per heavy atom. The summed E-state index contributed by atoms with van der Waals surface area (Å²) in [5.74, 6) is -3.24. The van der Waals surface area contributed by atoms with E-state index in [-0.39, 0.29) is 17.4 Å². The minimum Gasteiger partial charge on any atom is -0.349 e. The molecule has 21 heavy (non-hydrogen) atoms. The van der Waals surface area contributed by atoms with Crippen molar-refractivity contribution in [3.8, 4) is 0 Å². The highest BCUT2D eigenvalue weighted by molar-refractivity contribution is 5.94. The van der Waals surface area contributed by atoms with Gasteiger partial charge in [0.15, 0.2) is 11.6 Å². The van der Waals surface area contributed by atoms with Crippen LogP contribution >= 0.6 is 0 Å². The normalized spacial score (nSPS) is 12.0. The van der Waals surface area contributed by atoms with Crippen molar-refractivity contribution < 1.29 is 18.0 Å². The Hall–Kier alpha value is -2.30. The van der Waals surface area contributed by atoms with Gasteiger partial charge in [0.05, 0.1) is 5.56 Å². The van der Waals surface area contributed by atoms with Gasteiger partial charge in [0.25, 0.3) is 5.91 Å². The molecule has 1 unspecified atom stereocenters. The van der Waals surface area contributed by atoms with Crippen LogP contribution in [0.1, 0.15) is 22.8 Å². The molecule has 110 valence electrons. The number of halogens is 3. The first-order valence-corrected chi connectivity index (χ1v) is 6.46. The van der Waals surface area contributed by atoms with E-state index in [4.69, 9.17) is 0 Å². The van der Waals surface area contributed by atoms with Crippen molar-refractivity contribution in [2.45, 2.75) is 19.4 Å². The molecule has 0 aliphatic rings. The quantitative estimate of drug-likeness (QED) is 0.919. The summed E-state index contributed by atoms with van der Waals surface area (Å²) in [6.45, 7) is 1.73. The zero-order chi connectivity index (χ0) is 15.4. The van der Waals surface area contributed by atoms with E-state index in [1.165, 1.54) is 24.3 Å². The number of carbonyl (C=O) groups is 1. The van der Waals surface area contributed by atoms with Crippen LogP contribution in [0.15, 0.2) is 42.5 Å². The number of hydrogen-bond donors (Lipinski definition) is 1. The first-order valence-electron chi connectivity index (χ1n) is 6.46. The molecule has 0 fully saturated rings. The minimum atomic E-state index is -1.16. The van der Waals surface area contributed by atoms with Gasteiger partial charge in [-0.1, -0.05) is 18.2 Å². The fourth-order valence-corrected chi connectivity index (χ4v) is 2.01. The topological polar surface area (TPSA) is 29.1 Å². The van der Waals surface area contributed by atoms with Gasteiger partial charge in [0.2, 0.25) is 0 Å². The Labute approximate surface area is 120 Å². The van der Waals surface area contributed by atoms with Gasteiger partial charge in [-0.15, -0.1) is 0 Å². The average molecular weight is 293 g/mol. The summed E-state index contributed by atoms with van der Waals surface area (Å²) in [5, 5.41) is 2.59. The standard InChI is InChI=1S/C16H14F3NO/c1-10(9-11-5-7-12(17)8-6-11)20-16(21)13-3-2-4-14(18)15(13)19/h2-8,10H,9H2,1H3,(H,20,21). The minimum absolute atomic E-state index is 0.300. The van der Waals surface area contributed by atoms with Gasteiger partial charge in [-0.3, -0.25) is 4.79 Å². The van der Waals surface area contributed by atoms with Crippen LogP contribution in [0.4, 0.5) is 13.2 Å². The smallest absolute Gasteiger partial charge is 0.254 e. The molecule has 0 heterocycles. The summed E-state index contributed by atoms with van der Waals surface area (Å²) < 4.78 is 39.4. The molecule has 0 saturated carbocycles. The van der Waals surface area contributed by atoms with E-state index < -0.39 is 17.5 Å². The van der Waals surface area contributed by atoms with Gasteiger partial charge >= 0.3 is 0 Å². The highest BCUT2D eigenvalue weighted by Crippen LogP contribution is 2.12. The second-order valence-corrected chi connectivity index (χ2v) is 4.81. The lowest BCUT2D eigenvalue weighted by Crippen LogP contribution is -2.34. The van der Waals surface area contributed by atoms with E-state index in [9.17, 15) is 18.0 Å². The zero-order valence-electron chi connectivity index (χ0n) is 11.4. The number of hydrogen-bond acceptors (Lipinski definition) is 1. The van der Waals surface area contributed by atoms with Crippen LogP contribution in [0.25, 0.3) is 0 Å². The van der Waals surface area contributed by atoms with Crippen molar-refractivity contribution >= 4 is 5.91 Å². The molecule has 1 N–H and O–H groups in total. The molecule has 5 heteroatoms. The van der Waals surface area contributed by atoms with E-state index >= 15 is 0 Å². The van der Waals surface area contributed by atoms with Gasteiger partial charge < -0.3 is 5.32 Å². The fourth-order valence-electron chi connectivity index (χ4n) is 2.01. The molecule has 1 amide bonds. The van der Waals surface area contributed by atoms with Gasteiger partial charge in [0, 0.05) is 6.04 Å². The molecule has 0 radical (unpaired) electrons. The maximum Gasteiger partial charge on any atom is 0.254 e. The highest BCUT2D eigenvalue weighted by atomic mass is 19.2. The molecule has 2 aromatic carbocycles. The molecular formula is C16H14F3NO. The predicted octanol–water partition coefficient (Wildman–Crippen LogP) is 3.46. The number of amides is 1. The lowest BCUT2D eigenvalue weighted by Gasteiger charge is -2.14. The molecular weight excluding hydrogens is 279 g/mol. The molecule has 2 aromatic rings. The summed E-state index contributed by atoms with van der Waals surface area (Å²) in [4.78, 5) is 11.9. The summed E-state index contributed by atoms with van der Waals surface area (Å²) in [7, 11) is 0. The van der Waals surface area contributed by atoms with Gasteiger partial charge in [-0.25, -0.2) is 13.2 Å². The van der Waals surface area contributed by atoms with E-state index in [2.05, 4.69) is 5.32 Å². The maximum absolute atomic E-state index is 13.5. The lowest BCUT2D eigenvalue weighted by atomic mass is 10.1. The lowest BCUT2D eigenvalue weighted by molar-refractivity contribution is 0.0935. The Kier molecular flexibility index (Phi) is 4.62. The van der Waals surface area contributed by atoms with Crippen LogP contribution in [0, 0.1) is 17.5 Å². The van der Waals surface area contributed by atoms with Crippen molar-refractivity contribution in [2.24, 2.45) is 0 Å². The van der Waals surface area contributed by atoms with Crippen molar-refractivity contribution in [3.63, 3.8) is 0 Å². The van der Waals surface area contributed by atoms with Crippen molar-refractivity contribution in [2.75, 3.05) is 0 Å². The summed E-state index contributed by atoms with van der Waals surface area (Å²) >= 11 is 0. The van der Waals surface area contributed by atoms with Gasteiger partial charge in [-0.05, 0) is 43.2 Å². The first-order chi connectivity index (χ1) is 9.97. The molecule has 0 aliphatic carbocycles. The number of carbonyl (C=O) groups excluding carboxylic acids is 1. The van der Waals surface area contributed by atoms with Crippen LogP contribution < -0.4 is 5.32 Å². The van der Waals surface area contributed by atoms with Crippen LogP contribution in [-0.2, 0) is 6.42 Å². The third kappa shape index (κ3) is 3.84.